The predicted octanol–water partition coefficient (Wildman–Crippen LogP) is 7.83. The van der Waals surface area contributed by atoms with E-state index in [-0.39, 0.29) is 0 Å². The lowest BCUT2D eigenvalue weighted by atomic mass is 10.1. The topological polar surface area (TPSA) is 39.4 Å². The molecule has 0 fully saturated rings. The van der Waals surface area contributed by atoms with Gasteiger partial charge in [0.25, 0.3) is 0 Å². The molecular weight excluding hydrogens is 454 g/mol. The molecular formula is C30H24ClN3O. The zero-order valence-electron chi connectivity index (χ0n) is 19.3. The van der Waals surface area contributed by atoms with Crippen LogP contribution in [0.2, 0.25) is 5.02 Å². The van der Waals surface area contributed by atoms with Crippen molar-refractivity contribution in [2.24, 2.45) is 4.99 Å². The van der Waals surface area contributed by atoms with Crippen molar-refractivity contribution in [2.75, 3.05) is 0 Å². The SMILES string of the molecule is Cc1ccc(-c2cc(/N=C/c3ccccc3OCc3ccccc3Cl)n(-c3ccccc3)n2)cc1. The van der Waals surface area contributed by atoms with Crippen LogP contribution < -0.4 is 4.74 Å². The minimum Gasteiger partial charge on any atom is -0.488 e. The summed E-state index contributed by atoms with van der Waals surface area (Å²) in [5.41, 5.74) is 5.88. The van der Waals surface area contributed by atoms with Gasteiger partial charge in [-0.25, -0.2) is 9.67 Å². The lowest BCUT2D eigenvalue weighted by molar-refractivity contribution is 0.306. The number of ether oxygens (including phenoxy) is 1. The van der Waals surface area contributed by atoms with E-state index in [1.54, 1.807) is 0 Å². The van der Waals surface area contributed by atoms with E-state index in [4.69, 9.17) is 26.4 Å². The molecule has 0 N–H and O–H groups in total. The summed E-state index contributed by atoms with van der Waals surface area (Å²) in [6, 6.07) is 35.9. The normalized spacial score (nSPS) is 11.1. The first kappa shape index (κ1) is 22.6. The standard InChI is InChI=1S/C30H24ClN3O/c1-22-15-17-23(18-16-22)28-19-30(34(33-28)26-11-3-2-4-12-26)32-20-24-9-6-8-14-29(24)35-21-25-10-5-7-13-27(25)31/h2-20H,21H2,1H3/b32-20+. The highest BCUT2D eigenvalue weighted by Crippen LogP contribution is 2.28. The number of aromatic nitrogens is 2. The van der Waals surface area contributed by atoms with E-state index < -0.39 is 0 Å². The summed E-state index contributed by atoms with van der Waals surface area (Å²) >= 11 is 6.29. The summed E-state index contributed by atoms with van der Waals surface area (Å²) in [4.78, 5) is 4.82. The smallest absolute Gasteiger partial charge is 0.156 e. The van der Waals surface area contributed by atoms with E-state index >= 15 is 0 Å². The summed E-state index contributed by atoms with van der Waals surface area (Å²) in [7, 11) is 0. The second-order valence-electron chi connectivity index (χ2n) is 8.18. The van der Waals surface area contributed by atoms with Crippen LogP contribution in [0.5, 0.6) is 5.75 Å². The zero-order valence-corrected chi connectivity index (χ0v) is 20.1. The fraction of sp³-hybridized carbons (Fsp3) is 0.0667. The molecule has 172 valence electrons. The Bertz CT molecular complexity index is 1460. The highest BCUT2D eigenvalue weighted by molar-refractivity contribution is 6.31. The van der Waals surface area contributed by atoms with Gasteiger partial charge in [0, 0.05) is 34.0 Å². The summed E-state index contributed by atoms with van der Waals surface area (Å²) in [6.45, 7) is 2.46. The predicted molar refractivity (Wildman–Crippen MR) is 143 cm³/mol. The van der Waals surface area contributed by atoms with Crippen molar-refractivity contribution in [1.29, 1.82) is 0 Å². The maximum atomic E-state index is 6.29. The Morgan fingerprint density at radius 1 is 0.857 bits per heavy atom. The van der Waals surface area contributed by atoms with E-state index in [9.17, 15) is 0 Å². The number of halogens is 1. The second-order valence-corrected chi connectivity index (χ2v) is 8.58. The van der Waals surface area contributed by atoms with Crippen LogP contribution in [0.25, 0.3) is 16.9 Å². The Balaban J connectivity index is 1.47. The lowest BCUT2D eigenvalue weighted by Gasteiger charge is -2.10. The van der Waals surface area contributed by atoms with Crippen LogP contribution in [0.15, 0.2) is 114 Å². The molecule has 0 saturated heterocycles. The van der Waals surface area contributed by atoms with Crippen molar-refractivity contribution in [1.82, 2.24) is 9.78 Å². The molecule has 0 atom stereocenters. The number of aryl methyl sites for hydroxylation is 1. The Hall–Kier alpha value is -4.15. The molecule has 0 aliphatic heterocycles. The molecule has 35 heavy (non-hydrogen) atoms. The second kappa shape index (κ2) is 10.4. The number of rotatable bonds is 7. The van der Waals surface area contributed by atoms with Crippen molar-refractivity contribution in [3.8, 4) is 22.7 Å². The Labute approximate surface area is 210 Å². The van der Waals surface area contributed by atoms with Gasteiger partial charge >= 0.3 is 0 Å². The quantitative estimate of drug-likeness (QED) is 0.224. The summed E-state index contributed by atoms with van der Waals surface area (Å²) < 4.78 is 7.95. The first-order chi connectivity index (χ1) is 17.2. The van der Waals surface area contributed by atoms with Crippen LogP contribution >= 0.6 is 11.6 Å². The largest absolute Gasteiger partial charge is 0.488 e. The molecule has 0 aliphatic carbocycles. The Morgan fingerprint density at radius 2 is 1.57 bits per heavy atom. The average molecular weight is 478 g/mol. The molecule has 1 aromatic heterocycles. The highest BCUT2D eigenvalue weighted by atomic mass is 35.5. The lowest BCUT2D eigenvalue weighted by Crippen LogP contribution is -1.99. The van der Waals surface area contributed by atoms with Gasteiger partial charge in [0.1, 0.15) is 12.4 Å². The van der Waals surface area contributed by atoms with Crippen LogP contribution in [0.1, 0.15) is 16.7 Å². The van der Waals surface area contributed by atoms with E-state index in [1.165, 1.54) is 5.56 Å². The van der Waals surface area contributed by atoms with Crippen molar-refractivity contribution >= 4 is 23.6 Å². The van der Waals surface area contributed by atoms with Crippen molar-refractivity contribution in [3.05, 3.63) is 131 Å². The van der Waals surface area contributed by atoms with Crippen molar-refractivity contribution in [3.63, 3.8) is 0 Å². The minimum absolute atomic E-state index is 0.379. The van der Waals surface area contributed by atoms with Gasteiger partial charge < -0.3 is 4.74 Å². The molecule has 0 bridgehead atoms. The van der Waals surface area contributed by atoms with Crippen LogP contribution in [-0.4, -0.2) is 16.0 Å². The number of hydrogen-bond donors (Lipinski definition) is 0. The molecule has 0 unspecified atom stereocenters. The Kier molecular flexibility index (Phi) is 6.73. The zero-order chi connectivity index (χ0) is 24.0. The molecule has 1 heterocycles. The van der Waals surface area contributed by atoms with E-state index in [2.05, 4.69) is 31.2 Å². The third-order valence-corrected chi connectivity index (χ3v) is 6.00. The molecule has 5 heteroatoms. The number of nitrogens with zero attached hydrogens (tertiary/aromatic N) is 3. The number of benzene rings is 4. The molecule has 0 spiro atoms. The van der Waals surface area contributed by atoms with E-state index in [0.717, 1.165) is 39.6 Å². The molecule has 5 rings (SSSR count). The first-order valence-corrected chi connectivity index (χ1v) is 11.8. The van der Waals surface area contributed by atoms with Gasteiger partial charge in [0.05, 0.1) is 11.4 Å². The van der Waals surface area contributed by atoms with Gasteiger partial charge in [-0.3, -0.25) is 0 Å². The van der Waals surface area contributed by atoms with Gasteiger partial charge in [0.15, 0.2) is 5.82 Å². The fourth-order valence-electron chi connectivity index (χ4n) is 3.71. The highest BCUT2D eigenvalue weighted by Gasteiger charge is 2.11. The average Bonchev–Trinajstić information content (AvgIpc) is 3.33. The molecule has 4 nitrogen and oxygen atoms in total. The van der Waals surface area contributed by atoms with Gasteiger partial charge in [-0.05, 0) is 37.3 Å². The molecule has 0 aliphatic rings. The number of hydrogen-bond acceptors (Lipinski definition) is 3. The van der Waals surface area contributed by atoms with Crippen LogP contribution in [0, 0.1) is 6.92 Å². The van der Waals surface area contributed by atoms with E-state index in [0.29, 0.717) is 11.6 Å². The third-order valence-electron chi connectivity index (χ3n) is 5.63. The maximum Gasteiger partial charge on any atom is 0.156 e. The molecule has 0 saturated carbocycles. The molecule has 0 amide bonds. The molecule has 4 aromatic carbocycles. The van der Waals surface area contributed by atoms with Crippen LogP contribution in [0.4, 0.5) is 5.82 Å². The fourth-order valence-corrected chi connectivity index (χ4v) is 3.90. The van der Waals surface area contributed by atoms with Gasteiger partial charge in [-0.1, -0.05) is 90.0 Å². The van der Waals surface area contributed by atoms with Crippen molar-refractivity contribution < 1.29 is 4.74 Å². The summed E-state index contributed by atoms with van der Waals surface area (Å²) in [5.74, 6) is 1.47. The van der Waals surface area contributed by atoms with Crippen LogP contribution in [-0.2, 0) is 6.61 Å². The van der Waals surface area contributed by atoms with Gasteiger partial charge in [-0.15, -0.1) is 0 Å². The maximum absolute atomic E-state index is 6.29. The number of para-hydroxylation sites is 2. The first-order valence-electron chi connectivity index (χ1n) is 11.4. The monoisotopic (exact) mass is 477 g/mol. The summed E-state index contributed by atoms with van der Waals surface area (Å²) in [5, 5.41) is 5.55. The number of aliphatic imine (C=N–C) groups is 1. The van der Waals surface area contributed by atoms with Crippen molar-refractivity contribution in [2.45, 2.75) is 13.5 Å². The van der Waals surface area contributed by atoms with Gasteiger partial charge in [-0.2, -0.15) is 5.10 Å². The molecule has 0 radical (unpaired) electrons. The minimum atomic E-state index is 0.379. The Morgan fingerprint density at radius 3 is 2.37 bits per heavy atom. The summed E-state index contributed by atoms with van der Waals surface area (Å²) in [6.07, 6.45) is 1.82. The molecule has 5 aromatic rings. The van der Waals surface area contributed by atoms with Gasteiger partial charge in [0.2, 0.25) is 0 Å². The van der Waals surface area contributed by atoms with E-state index in [1.807, 2.05) is 95.8 Å². The van der Waals surface area contributed by atoms with Crippen LogP contribution in [0.3, 0.4) is 0 Å². The third kappa shape index (κ3) is 5.34.